The number of hydrogen-bond donors (Lipinski definition) is 1. The average Bonchev–Trinajstić information content (AvgIpc) is 1.79. The minimum atomic E-state index is -0.560. The van der Waals surface area contributed by atoms with Gasteiger partial charge in [-0.25, -0.2) is 4.39 Å². The molecule has 0 aromatic carbocycles. The van der Waals surface area contributed by atoms with Crippen LogP contribution in [0.2, 0.25) is 0 Å². The van der Waals surface area contributed by atoms with Crippen LogP contribution in [0.15, 0.2) is 0 Å². The van der Waals surface area contributed by atoms with E-state index in [1.54, 1.807) is 0 Å². The lowest BCUT2D eigenvalue weighted by atomic mass is 9.91. The molecule has 0 aromatic rings. The van der Waals surface area contributed by atoms with Gasteiger partial charge < -0.3 is 5.32 Å². The molecule has 1 rings (SSSR count). The third-order valence-corrected chi connectivity index (χ3v) is 1.66. The molecule has 0 aromatic heterocycles. The zero-order valence-electron chi connectivity index (χ0n) is 5.15. The number of halogens is 1. The monoisotopic (exact) mass is 117 g/mol. The third-order valence-electron chi connectivity index (χ3n) is 1.66. The van der Waals surface area contributed by atoms with Crippen LogP contribution >= 0.6 is 0 Å². The molecule has 1 aliphatic carbocycles. The van der Waals surface area contributed by atoms with Crippen LogP contribution in [-0.4, -0.2) is 18.8 Å². The molecule has 2 heteroatoms. The molecule has 1 N–H and O–H groups in total. The van der Waals surface area contributed by atoms with E-state index >= 15 is 0 Å². The summed E-state index contributed by atoms with van der Waals surface area (Å²) in [5, 5.41) is 3.06. The van der Waals surface area contributed by atoms with Crippen molar-refractivity contribution in [3.63, 3.8) is 0 Å². The Morgan fingerprint density at radius 3 is 2.50 bits per heavy atom. The first-order chi connectivity index (χ1) is 3.84. The second-order valence-corrected chi connectivity index (χ2v) is 2.26. The normalized spacial score (nSPS) is 36.8. The van der Waals surface area contributed by atoms with Crippen molar-refractivity contribution in [3.8, 4) is 0 Å². The van der Waals surface area contributed by atoms with Crippen LogP contribution in [0.25, 0.3) is 0 Å². The Kier molecular flexibility index (Phi) is 1.84. The van der Waals surface area contributed by atoms with E-state index in [-0.39, 0.29) is 6.04 Å². The topological polar surface area (TPSA) is 12.0 Å². The molecule has 1 fully saturated rings. The Bertz CT molecular complexity index is 74.9. The van der Waals surface area contributed by atoms with Gasteiger partial charge in [0.1, 0.15) is 6.17 Å². The fourth-order valence-electron chi connectivity index (χ4n) is 0.951. The van der Waals surface area contributed by atoms with Crippen molar-refractivity contribution in [1.82, 2.24) is 5.32 Å². The van der Waals surface area contributed by atoms with Gasteiger partial charge in [-0.15, -0.1) is 0 Å². The summed E-state index contributed by atoms with van der Waals surface area (Å²) in [6, 6.07) is 0.181. The lowest BCUT2D eigenvalue weighted by Gasteiger charge is -2.30. The van der Waals surface area contributed by atoms with Crippen LogP contribution in [-0.2, 0) is 0 Å². The highest BCUT2D eigenvalue weighted by molar-refractivity contribution is 4.85. The molecule has 0 radical (unpaired) electrons. The fourth-order valence-corrected chi connectivity index (χ4v) is 0.951. The summed E-state index contributed by atoms with van der Waals surface area (Å²) in [6.07, 6.45) is 1.22. The molecule has 2 atom stereocenters. The number of hydrogen-bond acceptors (Lipinski definition) is 1. The van der Waals surface area contributed by atoms with Crippen molar-refractivity contribution in [1.29, 1.82) is 0 Å². The van der Waals surface area contributed by atoms with Crippen LogP contribution in [0.3, 0.4) is 0 Å². The Morgan fingerprint density at radius 1 is 1.62 bits per heavy atom. The van der Waals surface area contributed by atoms with Gasteiger partial charge in [0.2, 0.25) is 0 Å². The highest BCUT2D eigenvalue weighted by Crippen LogP contribution is 2.22. The second kappa shape index (κ2) is 2.44. The molecule has 0 bridgehead atoms. The first kappa shape index (κ1) is 6.02. The van der Waals surface area contributed by atoms with E-state index in [1.165, 1.54) is 0 Å². The average molecular weight is 117 g/mol. The highest BCUT2D eigenvalue weighted by Gasteiger charge is 2.29. The van der Waals surface area contributed by atoms with Gasteiger partial charge >= 0.3 is 0 Å². The smallest absolute Gasteiger partial charge is 0.115 e. The minimum absolute atomic E-state index is 0.181. The van der Waals surface area contributed by atoms with Crippen molar-refractivity contribution in [2.24, 2.45) is 0 Å². The van der Waals surface area contributed by atoms with E-state index in [9.17, 15) is 4.39 Å². The molecular formula is C6H12FN. The van der Waals surface area contributed by atoms with E-state index in [4.69, 9.17) is 0 Å². The summed E-state index contributed by atoms with van der Waals surface area (Å²) < 4.78 is 12.3. The van der Waals surface area contributed by atoms with E-state index < -0.39 is 6.17 Å². The largest absolute Gasteiger partial charge is 0.311 e. The summed E-state index contributed by atoms with van der Waals surface area (Å²) >= 11 is 0. The fraction of sp³-hybridized carbons (Fsp3) is 1.00. The van der Waals surface area contributed by atoms with Gasteiger partial charge in [0.25, 0.3) is 0 Å². The molecule has 0 saturated heterocycles. The lowest BCUT2D eigenvalue weighted by molar-refractivity contribution is 0.144. The number of alkyl halides is 1. The van der Waals surface area contributed by atoms with Crippen molar-refractivity contribution >= 4 is 0 Å². The molecule has 2 unspecified atom stereocenters. The van der Waals surface area contributed by atoms with Gasteiger partial charge in [-0.2, -0.15) is 0 Å². The predicted molar refractivity (Wildman–Crippen MR) is 31.6 cm³/mol. The van der Waals surface area contributed by atoms with Gasteiger partial charge in [-0.1, -0.05) is 6.92 Å². The molecule has 0 spiro atoms. The van der Waals surface area contributed by atoms with Crippen LogP contribution in [0.4, 0.5) is 4.39 Å². The highest BCUT2D eigenvalue weighted by atomic mass is 19.1. The maximum absolute atomic E-state index is 12.3. The third kappa shape index (κ3) is 0.996. The quantitative estimate of drug-likeness (QED) is 0.571. The van der Waals surface area contributed by atoms with Crippen molar-refractivity contribution in [3.05, 3.63) is 0 Å². The molecule has 1 saturated carbocycles. The van der Waals surface area contributed by atoms with E-state index in [1.807, 2.05) is 6.92 Å². The summed E-state index contributed by atoms with van der Waals surface area (Å²) in [6.45, 7) is 2.90. The molecule has 8 heavy (non-hydrogen) atoms. The van der Waals surface area contributed by atoms with Gasteiger partial charge in [0, 0.05) is 6.04 Å². The van der Waals surface area contributed by atoms with Crippen LogP contribution in [0.5, 0.6) is 0 Å². The first-order valence-corrected chi connectivity index (χ1v) is 3.22. The second-order valence-electron chi connectivity index (χ2n) is 2.26. The zero-order chi connectivity index (χ0) is 5.98. The molecular weight excluding hydrogens is 105 g/mol. The van der Waals surface area contributed by atoms with Gasteiger partial charge in [0.15, 0.2) is 0 Å². The van der Waals surface area contributed by atoms with E-state index in [2.05, 4.69) is 5.32 Å². The van der Waals surface area contributed by atoms with Crippen LogP contribution in [0, 0.1) is 0 Å². The predicted octanol–water partition coefficient (Wildman–Crippen LogP) is 1.10. The summed E-state index contributed by atoms with van der Waals surface area (Å²) in [5.41, 5.74) is 0. The van der Waals surface area contributed by atoms with Crippen molar-refractivity contribution in [2.75, 3.05) is 6.54 Å². The molecule has 0 amide bonds. The molecule has 1 nitrogen and oxygen atoms in total. The summed E-state index contributed by atoms with van der Waals surface area (Å²) in [5.74, 6) is 0. The lowest BCUT2D eigenvalue weighted by Crippen LogP contribution is -2.45. The van der Waals surface area contributed by atoms with E-state index in [0.29, 0.717) is 0 Å². The SMILES string of the molecule is CCNC1CCC1F. The summed E-state index contributed by atoms with van der Waals surface area (Å²) in [4.78, 5) is 0. The zero-order valence-corrected chi connectivity index (χ0v) is 5.15. The molecule has 1 aliphatic rings. The van der Waals surface area contributed by atoms with Gasteiger partial charge in [-0.05, 0) is 19.4 Å². The van der Waals surface area contributed by atoms with Gasteiger partial charge in [0.05, 0.1) is 0 Å². The Morgan fingerprint density at radius 2 is 2.38 bits per heavy atom. The maximum Gasteiger partial charge on any atom is 0.115 e. The molecule has 0 aliphatic heterocycles. The van der Waals surface area contributed by atoms with Crippen LogP contribution in [0.1, 0.15) is 19.8 Å². The standard InChI is InChI=1S/C6H12FN/c1-2-8-6-4-3-5(6)7/h5-6,8H,2-4H2,1H3. The van der Waals surface area contributed by atoms with Crippen molar-refractivity contribution in [2.45, 2.75) is 32.0 Å². The van der Waals surface area contributed by atoms with Crippen LogP contribution < -0.4 is 5.32 Å². The van der Waals surface area contributed by atoms with Gasteiger partial charge in [-0.3, -0.25) is 0 Å². The Hall–Kier alpha value is -0.110. The first-order valence-electron chi connectivity index (χ1n) is 3.22. The number of nitrogens with one attached hydrogen (secondary N) is 1. The molecule has 0 heterocycles. The summed E-state index contributed by atoms with van der Waals surface area (Å²) in [7, 11) is 0. The Balaban J connectivity index is 2.08. The van der Waals surface area contributed by atoms with E-state index in [0.717, 1.165) is 19.4 Å². The number of rotatable bonds is 2. The maximum atomic E-state index is 12.3. The molecule has 48 valence electrons. The van der Waals surface area contributed by atoms with Crippen molar-refractivity contribution < 1.29 is 4.39 Å². The Labute approximate surface area is 49.3 Å². The minimum Gasteiger partial charge on any atom is -0.311 e.